The van der Waals surface area contributed by atoms with Crippen LogP contribution >= 0.6 is 24.4 Å². The Balaban J connectivity index is 1.80. The van der Waals surface area contributed by atoms with Crippen molar-refractivity contribution < 1.29 is 14.7 Å². The summed E-state index contributed by atoms with van der Waals surface area (Å²) >= 11 is 6.18. The van der Waals surface area contributed by atoms with E-state index in [-0.39, 0.29) is 11.9 Å². The average Bonchev–Trinajstić information content (AvgIpc) is 3.20. The van der Waals surface area contributed by atoms with Crippen LogP contribution in [0.5, 0.6) is 0 Å². The molecule has 1 heterocycles. The average molecular weight is 474 g/mol. The van der Waals surface area contributed by atoms with Gasteiger partial charge in [-0.05, 0) is 61.1 Å². The number of thioether (sulfide) groups is 1. The monoisotopic (exact) mass is 473 g/mol. The maximum Gasteiger partial charge on any atom is 0.326 e. The SMILES string of the molecule is CSCC[C@H](NC(=O)c1cc(NC[C@H]2NCC[C@@H]2S)ccc1Cc1ccccc1)C(=O)O. The number of anilines is 1. The third-order valence-corrected chi connectivity index (χ3v) is 6.91. The first kappa shape index (κ1) is 24.5. The van der Waals surface area contributed by atoms with Crippen LogP contribution in [-0.2, 0) is 11.2 Å². The van der Waals surface area contributed by atoms with Gasteiger partial charge in [0.05, 0.1) is 0 Å². The topological polar surface area (TPSA) is 90.5 Å². The minimum absolute atomic E-state index is 0.266. The lowest BCUT2D eigenvalue weighted by Crippen LogP contribution is -2.41. The molecular formula is C24H31N3O3S2. The Bertz CT molecular complexity index is 911. The molecule has 4 N–H and O–H groups in total. The number of hydrogen-bond acceptors (Lipinski definition) is 6. The van der Waals surface area contributed by atoms with Gasteiger partial charge in [-0.2, -0.15) is 24.4 Å². The summed E-state index contributed by atoms with van der Waals surface area (Å²) in [5.74, 6) is -0.716. The number of nitrogens with one attached hydrogen (secondary N) is 3. The number of carbonyl (C=O) groups is 2. The third kappa shape index (κ3) is 6.92. The second-order valence-electron chi connectivity index (χ2n) is 7.98. The highest BCUT2D eigenvalue weighted by atomic mass is 32.2. The number of carboxylic acids is 1. The van der Waals surface area contributed by atoms with E-state index in [4.69, 9.17) is 0 Å². The van der Waals surface area contributed by atoms with Gasteiger partial charge in [0, 0.05) is 29.1 Å². The van der Waals surface area contributed by atoms with Gasteiger partial charge in [-0.25, -0.2) is 4.79 Å². The molecule has 172 valence electrons. The van der Waals surface area contributed by atoms with Crippen molar-refractivity contribution in [2.24, 2.45) is 0 Å². The van der Waals surface area contributed by atoms with Crippen molar-refractivity contribution in [1.29, 1.82) is 0 Å². The highest BCUT2D eigenvalue weighted by molar-refractivity contribution is 7.98. The van der Waals surface area contributed by atoms with Crippen LogP contribution in [0.1, 0.15) is 34.3 Å². The predicted molar refractivity (Wildman–Crippen MR) is 135 cm³/mol. The fourth-order valence-corrected chi connectivity index (χ4v) is 4.60. The van der Waals surface area contributed by atoms with Crippen molar-refractivity contribution in [3.8, 4) is 0 Å². The van der Waals surface area contributed by atoms with E-state index in [0.29, 0.717) is 36.0 Å². The van der Waals surface area contributed by atoms with E-state index >= 15 is 0 Å². The van der Waals surface area contributed by atoms with Crippen LogP contribution < -0.4 is 16.0 Å². The molecule has 0 saturated carbocycles. The Kier molecular flexibility index (Phi) is 9.32. The standard InChI is InChI=1S/C24H31N3O3S2/c1-32-12-10-20(24(29)30)27-23(28)19-14-18(26-15-21-22(31)9-11-25-21)8-7-17(19)13-16-5-3-2-4-6-16/h2-8,14,20-22,25-26,31H,9-13,15H2,1H3,(H,27,28)(H,29,30)/t20-,21+,22-/m0/s1. The van der Waals surface area contributed by atoms with Gasteiger partial charge in [-0.1, -0.05) is 36.4 Å². The Hall–Kier alpha value is -2.16. The quantitative estimate of drug-likeness (QED) is 0.322. The van der Waals surface area contributed by atoms with Gasteiger partial charge in [-0.15, -0.1) is 0 Å². The lowest BCUT2D eigenvalue weighted by atomic mass is 9.98. The zero-order valence-corrected chi connectivity index (χ0v) is 19.9. The van der Waals surface area contributed by atoms with E-state index in [2.05, 4.69) is 28.6 Å². The first-order valence-corrected chi connectivity index (χ1v) is 12.7. The molecule has 2 aromatic rings. The first-order valence-electron chi connectivity index (χ1n) is 10.8. The summed E-state index contributed by atoms with van der Waals surface area (Å²) in [6, 6.07) is 15.0. The van der Waals surface area contributed by atoms with Crippen LogP contribution in [0.15, 0.2) is 48.5 Å². The summed E-state index contributed by atoms with van der Waals surface area (Å²) in [5.41, 5.74) is 3.28. The number of aliphatic carboxylic acids is 1. The van der Waals surface area contributed by atoms with Gasteiger partial charge in [0.15, 0.2) is 0 Å². The van der Waals surface area contributed by atoms with Crippen molar-refractivity contribution >= 4 is 42.0 Å². The number of carboxylic acid groups (broad SMARTS) is 1. The van der Waals surface area contributed by atoms with Crippen LogP contribution in [0, 0.1) is 0 Å². The van der Waals surface area contributed by atoms with E-state index in [9.17, 15) is 14.7 Å². The number of hydrogen-bond donors (Lipinski definition) is 5. The van der Waals surface area contributed by atoms with E-state index < -0.39 is 12.0 Å². The van der Waals surface area contributed by atoms with Crippen molar-refractivity contribution in [3.63, 3.8) is 0 Å². The summed E-state index contributed by atoms with van der Waals surface area (Å²) in [4.78, 5) is 24.8. The predicted octanol–water partition coefficient (Wildman–Crippen LogP) is 3.29. The Morgan fingerprint density at radius 1 is 1.25 bits per heavy atom. The molecule has 0 radical (unpaired) electrons. The van der Waals surface area contributed by atoms with Crippen molar-refractivity contribution in [3.05, 3.63) is 65.2 Å². The summed E-state index contributed by atoms with van der Waals surface area (Å²) in [6.07, 6.45) is 3.92. The molecule has 0 aromatic heterocycles. The zero-order chi connectivity index (χ0) is 22.9. The van der Waals surface area contributed by atoms with Crippen LogP contribution in [0.25, 0.3) is 0 Å². The van der Waals surface area contributed by atoms with Crippen LogP contribution in [0.3, 0.4) is 0 Å². The van der Waals surface area contributed by atoms with E-state index in [0.717, 1.165) is 29.8 Å². The maximum atomic E-state index is 13.2. The summed E-state index contributed by atoms with van der Waals surface area (Å²) in [5, 5.41) is 19.4. The lowest BCUT2D eigenvalue weighted by Gasteiger charge is -2.19. The molecule has 32 heavy (non-hydrogen) atoms. The smallest absolute Gasteiger partial charge is 0.326 e. The van der Waals surface area contributed by atoms with Gasteiger partial charge < -0.3 is 21.1 Å². The van der Waals surface area contributed by atoms with Gasteiger partial charge in [-0.3, -0.25) is 4.79 Å². The van der Waals surface area contributed by atoms with Crippen LogP contribution in [0.4, 0.5) is 5.69 Å². The second kappa shape index (κ2) is 12.2. The molecule has 1 aliphatic heterocycles. The second-order valence-corrected chi connectivity index (χ2v) is 9.63. The van der Waals surface area contributed by atoms with Crippen LogP contribution in [-0.4, -0.2) is 59.4 Å². The summed E-state index contributed by atoms with van der Waals surface area (Å²) in [7, 11) is 0. The van der Waals surface area contributed by atoms with Crippen molar-refractivity contribution in [1.82, 2.24) is 10.6 Å². The number of thiol groups is 1. The Morgan fingerprint density at radius 2 is 2.03 bits per heavy atom. The molecule has 1 saturated heterocycles. The van der Waals surface area contributed by atoms with Crippen molar-refractivity contribution in [2.45, 2.75) is 36.6 Å². The number of rotatable bonds is 11. The fraction of sp³-hybridized carbons (Fsp3) is 0.417. The van der Waals surface area contributed by atoms with Crippen molar-refractivity contribution in [2.75, 3.05) is 30.4 Å². The summed E-state index contributed by atoms with van der Waals surface area (Å²) in [6.45, 7) is 1.66. The highest BCUT2D eigenvalue weighted by Gasteiger charge is 2.24. The normalized spacial score (nSPS) is 18.8. The molecule has 0 aliphatic carbocycles. The fourth-order valence-electron chi connectivity index (χ4n) is 3.79. The Morgan fingerprint density at radius 3 is 2.69 bits per heavy atom. The van der Waals surface area contributed by atoms with Crippen LogP contribution in [0.2, 0.25) is 0 Å². The minimum Gasteiger partial charge on any atom is -0.480 e. The number of amides is 1. The molecule has 1 amide bonds. The molecule has 1 aliphatic rings. The molecule has 6 nitrogen and oxygen atoms in total. The molecule has 0 bridgehead atoms. The Labute approximate surface area is 199 Å². The molecule has 3 atom stereocenters. The van der Waals surface area contributed by atoms with E-state index in [1.54, 1.807) is 11.8 Å². The van der Waals surface area contributed by atoms with E-state index in [1.807, 2.05) is 54.8 Å². The van der Waals surface area contributed by atoms with Gasteiger partial charge in [0.25, 0.3) is 5.91 Å². The molecule has 8 heteroatoms. The highest BCUT2D eigenvalue weighted by Crippen LogP contribution is 2.21. The molecule has 2 aromatic carbocycles. The molecule has 0 spiro atoms. The zero-order valence-electron chi connectivity index (χ0n) is 18.2. The molecular weight excluding hydrogens is 442 g/mol. The van der Waals surface area contributed by atoms with Gasteiger partial charge in [0.2, 0.25) is 0 Å². The maximum absolute atomic E-state index is 13.2. The first-order chi connectivity index (χ1) is 15.5. The van der Waals surface area contributed by atoms with E-state index in [1.165, 1.54) is 0 Å². The minimum atomic E-state index is -1.02. The third-order valence-electron chi connectivity index (χ3n) is 5.64. The molecule has 1 fully saturated rings. The number of carbonyl (C=O) groups excluding carboxylic acids is 1. The largest absolute Gasteiger partial charge is 0.480 e. The summed E-state index contributed by atoms with van der Waals surface area (Å²) < 4.78 is 0. The lowest BCUT2D eigenvalue weighted by molar-refractivity contribution is -0.139. The number of benzene rings is 2. The van der Waals surface area contributed by atoms with Gasteiger partial charge in [0.1, 0.15) is 6.04 Å². The molecule has 0 unspecified atom stereocenters. The van der Waals surface area contributed by atoms with Gasteiger partial charge >= 0.3 is 5.97 Å². The molecule has 3 rings (SSSR count).